The molecule has 2 heterocycles. The Hall–Kier alpha value is -4.14. The average molecular weight is 480 g/mol. The third kappa shape index (κ3) is 5.34. The van der Waals surface area contributed by atoms with Crippen LogP contribution in [0.1, 0.15) is 50.0 Å². The number of amides is 1. The summed E-state index contributed by atoms with van der Waals surface area (Å²) in [6, 6.07) is 12.4. The number of anilines is 2. The molecular formula is C26H23F3N4O2. The molecule has 2 aromatic heterocycles. The zero-order valence-corrected chi connectivity index (χ0v) is 19.3. The van der Waals surface area contributed by atoms with Crippen molar-refractivity contribution in [3.8, 4) is 0 Å². The third-order valence-electron chi connectivity index (χ3n) is 5.74. The average Bonchev–Trinajstić information content (AvgIpc) is 3.23. The van der Waals surface area contributed by atoms with E-state index < -0.39 is 17.6 Å². The van der Waals surface area contributed by atoms with Crippen molar-refractivity contribution in [3.63, 3.8) is 0 Å². The largest absolute Gasteiger partial charge is 0.416 e. The highest BCUT2D eigenvalue weighted by Crippen LogP contribution is 2.32. The molecule has 9 heteroatoms. The first-order valence-electron chi connectivity index (χ1n) is 10.8. The molecule has 3 N–H and O–H groups in total. The fraction of sp³-hybridized carbons (Fsp3) is 0.192. The maximum Gasteiger partial charge on any atom is 0.416 e. The lowest BCUT2D eigenvalue weighted by Gasteiger charge is -2.14. The zero-order valence-electron chi connectivity index (χ0n) is 19.3. The van der Waals surface area contributed by atoms with Crippen molar-refractivity contribution in [1.29, 1.82) is 0 Å². The minimum absolute atomic E-state index is 0.0579. The summed E-state index contributed by atoms with van der Waals surface area (Å²) in [6.45, 7) is 5.18. The number of Topliss-reactive ketones (excluding diaryl/α,β-unsaturated/α-hetero) is 1. The van der Waals surface area contributed by atoms with E-state index in [2.05, 4.69) is 20.6 Å². The predicted molar refractivity (Wildman–Crippen MR) is 129 cm³/mol. The molecule has 4 aromatic rings. The highest BCUT2D eigenvalue weighted by atomic mass is 19.4. The molecule has 0 aliphatic carbocycles. The molecule has 0 aliphatic rings. The van der Waals surface area contributed by atoms with Crippen LogP contribution in [-0.2, 0) is 12.7 Å². The number of benzene rings is 2. The summed E-state index contributed by atoms with van der Waals surface area (Å²) in [5, 5.41) is 6.75. The number of aromatic amines is 1. The van der Waals surface area contributed by atoms with Crippen LogP contribution in [-0.4, -0.2) is 21.7 Å². The zero-order chi connectivity index (χ0) is 25.3. The van der Waals surface area contributed by atoms with Crippen LogP contribution in [0.2, 0.25) is 0 Å². The molecule has 2 aromatic carbocycles. The van der Waals surface area contributed by atoms with Gasteiger partial charge in [0.05, 0.1) is 23.1 Å². The van der Waals surface area contributed by atoms with Gasteiger partial charge in [-0.15, -0.1) is 0 Å². The van der Waals surface area contributed by atoms with Gasteiger partial charge in [-0.1, -0.05) is 12.1 Å². The lowest BCUT2D eigenvalue weighted by atomic mass is 10.0. The number of aromatic nitrogens is 2. The van der Waals surface area contributed by atoms with E-state index in [1.165, 1.54) is 26.0 Å². The molecule has 0 bridgehead atoms. The number of aryl methyl sites for hydroxylation is 2. The van der Waals surface area contributed by atoms with Gasteiger partial charge in [-0.3, -0.25) is 9.59 Å². The van der Waals surface area contributed by atoms with E-state index in [1.807, 2.05) is 19.1 Å². The highest BCUT2D eigenvalue weighted by Gasteiger charge is 2.33. The topological polar surface area (TPSA) is 86.9 Å². The second kappa shape index (κ2) is 9.25. The summed E-state index contributed by atoms with van der Waals surface area (Å²) >= 11 is 0. The molecule has 0 spiro atoms. The van der Waals surface area contributed by atoms with E-state index in [1.54, 1.807) is 24.4 Å². The fourth-order valence-corrected chi connectivity index (χ4v) is 3.71. The normalized spacial score (nSPS) is 11.5. The molecular weight excluding hydrogens is 457 g/mol. The molecule has 0 saturated carbocycles. The molecule has 0 unspecified atom stereocenters. The van der Waals surface area contributed by atoms with Crippen LogP contribution in [0.25, 0.3) is 11.0 Å². The number of pyridine rings is 1. The lowest BCUT2D eigenvalue weighted by Crippen LogP contribution is -2.15. The van der Waals surface area contributed by atoms with Gasteiger partial charge >= 0.3 is 6.18 Å². The van der Waals surface area contributed by atoms with Gasteiger partial charge in [0.15, 0.2) is 5.78 Å². The van der Waals surface area contributed by atoms with Gasteiger partial charge in [0.25, 0.3) is 5.91 Å². The van der Waals surface area contributed by atoms with Crippen molar-refractivity contribution in [2.24, 2.45) is 0 Å². The maximum absolute atomic E-state index is 13.2. The van der Waals surface area contributed by atoms with Crippen LogP contribution in [0.15, 0.2) is 54.7 Å². The molecule has 0 radical (unpaired) electrons. The summed E-state index contributed by atoms with van der Waals surface area (Å²) in [7, 11) is 0. The first-order chi connectivity index (χ1) is 16.5. The van der Waals surface area contributed by atoms with Gasteiger partial charge in [-0.05, 0) is 66.9 Å². The Morgan fingerprint density at radius 1 is 0.971 bits per heavy atom. The van der Waals surface area contributed by atoms with E-state index in [-0.39, 0.29) is 16.9 Å². The van der Waals surface area contributed by atoms with Gasteiger partial charge in [0, 0.05) is 30.1 Å². The smallest absolute Gasteiger partial charge is 0.380 e. The van der Waals surface area contributed by atoms with Crippen LogP contribution in [0.5, 0.6) is 0 Å². The summed E-state index contributed by atoms with van der Waals surface area (Å²) in [5.74, 6) is -0.700. The Kier molecular flexibility index (Phi) is 6.34. The molecule has 180 valence electrons. The van der Waals surface area contributed by atoms with E-state index in [9.17, 15) is 22.8 Å². The van der Waals surface area contributed by atoms with Crippen molar-refractivity contribution in [2.45, 2.75) is 33.5 Å². The van der Waals surface area contributed by atoms with Crippen LogP contribution < -0.4 is 10.6 Å². The number of hydrogen-bond donors (Lipinski definition) is 3. The molecule has 0 aliphatic heterocycles. The summed E-state index contributed by atoms with van der Waals surface area (Å²) in [5.41, 5.74) is 3.34. The molecule has 1 amide bonds. The number of rotatable bonds is 6. The number of alkyl halides is 3. The Bertz CT molecular complexity index is 1440. The van der Waals surface area contributed by atoms with Crippen molar-refractivity contribution in [3.05, 3.63) is 88.2 Å². The minimum atomic E-state index is -4.53. The fourth-order valence-electron chi connectivity index (χ4n) is 3.71. The van der Waals surface area contributed by atoms with Gasteiger partial charge in [0.1, 0.15) is 5.65 Å². The third-order valence-corrected chi connectivity index (χ3v) is 5.74. The Balaban J connectivity index is 1.49. The molecule has 4 rings (SSSR count). The van der Waals surface area contributed by atoms with Crippen LogP contribution in [0.4, 0.5) is 24.5 Å². The van der Waals surface area contributed by atoms with Gasteiger partial charge in [-0.2, -0.15) is 13.2 Å². The summed E-state index contributed by atoms with van der Waals surface area (Å²) < 4.78 is 39.6. The van der Waals surface area contributed by atoms with E-state index in [4.69, 9.17) is 0 Å². The Morgan fingerprint density at radius 3 is 2.43 bits per heavy atom. The Morgan fingerprint density at radius 2 is 1.71 bits per heavy atom. The molecule has 6 nitrogen and oxygen atoms in total. The number of halogens is 3. The predicted octanol–water partition coefficient (Wildman–Crippen LogP) is 6.27. The van der Waals surface area contributed by atoms with Gasteiger partial charge in [0.2, 0.25) is 0 Å². The maximum atomic E-state index is 13.2. The number of fused-ring (bicyclic) bond motifs is 1. The number of carbonyl (C=O) groups is 2. The number of carbonyl (C=O) groups excluding carboxylic acids is 2. The number of H-pyrrole nitrogens is 1. The number of hydrogen-bond acceptors (Lipinski definition) is 4. The minimum Gasteiger partial charge on any atom is -0.380 e. The lowest BCUT2D eigenvalue weighted by molar-refractivity contribution is -0.138. The van der Waals surface area contributed by atoms with E-state index in [0.717, 1.165) is 28.3 Å². The molecule has 0 atom stereocenters. The van der Waals surface area contributed by atoms with Gasteiger partial charge < -0.3 is 15.6 Å². The number of ketones is 1. The SMILES string of the molecule is CC(=O)c1cc2cc(NCc3cc(NC(=O)c4ccc(C)c(C(F)(F)F)c4)ccc3C)cnc2[nH]1. The van der Waals surface area contributed by atoms with Crippen molar-refractivity contribution >= 4 is 34.1 Å². The van der Waals surface area contributed by atoms with Crippen molar-refractivity contribution in [2.75, 3.05) is 10.6 Å². The summed E-state index contributed by atoms with van der Waals surface area (Å²) in [4.78, 5) is 31.5. The monoisotopic (exact) mass is 480 g/mol. The molecule has 0 saturated heterocycles. The first kappa shape index (κ1) is 24.0. The highest BCUT2D eigenvalue weighted by molar-refractivity contribution is 6.04. The van der Waals surface area contributed by atoms with E-state index in [0.29, 0.717) is 23.6 Å². The number of nitrogens with one attached hydrogen (secondary N) is 3. The number of nitrogens with zero attached hydrogens (tertiary/aromatic N) is 1. The summed E-state index contributed by atoms with van der Waals surface area (Å²) in [6.07, 6.45) is -2.88. The van der Waals surface area contributed by atoms with Crippen LogP contribution in [0, 0.1) is 13.8 Å². The van der Waals surface area contributed by atoms with Gasteiger partial charge in [-0.25, -0.2) is 4.98 Å². The standard InChI is InChI=1S/C26H23F3N4O2/c1-14-5-7-20(32-25(35)17-6-4-15(2)22(10-17)26(27,28)29)9-19(14)12-30-21-8-18-11-23(16(3)34)33-24(18)31-13-21/h4-11,13,30H,12H2,1-3H3,(H,31,33)(H,32,35). The van der Waals surface area contributed by atoms with Crippen molar-refractivity contribution < 1.29 is 22.8 Å². The van der Waals surface area contributed by atoms with Crippen molar-refractivity contribution in [1.82, 2.24) is 9.97 Å². The second-order valence-electron chi connectivity index (χ2n) is 8.38. The quantitative estimate of drug-likeness (QED) is 0.284. The van der Waals surface area contributed by atoms with Crippen LogP contribution in [0.3, 0.4) is 0 Å². The Labute approximate surface area is 199 Å². The molecule has 35 heavy (non-hydrogen) atoms. The van der Waals surface area contributed by atoms with E-state index >= 15 is 0 Å². The van der Waals surface area contributed by atoms with Crippen LogP contribution >= 0.6 is 0 Å². The molecule has 0 fully saturated rings. The first-order valence-corrected chi connectivity index (χ1v) is 10.8. The second-order valence-corrected chi connectivity index (χ2v) is 8.38.